The molecule has 4 rings (SSSR count). The molecule has 1 aliphatic carbocycles. The number of anilines is 1. The van der Waals surface area contributed by atoms with Crippen LogP contribution in [0.4, 0.5) is 5.69 Å². The van der Waals surface area contributed by atoms with Crippen molar-refractivity contribution in [2.45, 2.75) is 42.9 Å². The van der Waals surface area contributed by atoms with E-state index in [0.717, 1.165) is 0 Å². The number of aryl methyl sites for hydroxylation is 1. The number of ketones is 1. The maximum atomic E-state index is 13.1. The Morgan fingerprint density at radius 3 is 2.28 bits per heavy atom. The van der Waals surface area contributed by atoms with Gasteiger partial charge in [0, 0.05) is 21.7 Å². The summed E-state index contributed by atoms with van der Waals surface area (Å²) in [7, 11) is -8.41. The highest BCUT2D eigenvalue weighted by atomic mass is 32.3. The highest BCUT2D eigenvalue weighted by Crippen LogP contribution is 2.49. The number of carbonyl (C=O) groups is 1. The molecule has 2 aliphatic rings. The molecule has 0 amide bonds. The van der Waals surface area contributed by atoms with E-state index in [2.05, 4.69) is 0 Å². The van der Waals surface area contributed by atoms with Gasteiger partial charge < -0.3 is 0 Å². The molecule has 0 N–H and O–H groups in total. The molecule has 132 valence electrons. The van der Waals surface area contributed by atoms with E-state index in [0.29, 0.717) is 24.6 Å². The fourth-order valence-corrected chi connectivity index (χ4v) is 10.1. The molecular weight excluding hydrogens is 382 g/mol. The Labute approximate surface area is 150 Å². The molecule has 0 radical (unpaired) electrons. The third kappa shape index (κ3) is 2.03. The van der Waals surface area contributed by atoms with Gasteiger partial charge in [0.25, 0.3) is 20.0 Å². The van der Waals surface area contributed by atoms with Crippen LogP contribution in [0.15, 0.2) is 28.0 Å². The monoisotopic (exact) mass is 397 g/mol. The van der Waals surface area contributed by atoms with Gasteiger partial charge in [0.1, 0.15) is 9.79 Å². The zero-order valence-corrected chi connectivity index (χ0v) is 16.2. The predicted octanol–water partition coefficient (Wildman–Crippen LogP) is 2.82. The van der Waals surface area contributed by atoms with E-state index in [1.54, 1.807) is 6.92 Å². The number of benzene rings is 1. The van der Waals surface area contributed by atoms with Gasteiger partial charge in [-0.1, -0.05) is 13.8 Å². The second-order valence-electron chi connectivity index (χ2n) is 6.48. The average molecular weight is 397 g/mol. The van der Waals surface area contributed by atoms with Crippen LogP contribution in [-0.4, -0.2) is 22.6 Å². The first-order valence-corrected chi connectivity index (χ1v) is 11.4. The normalized spacial score (nSPS) is 19.7. The Morgan fingerprint density at radius 2 is 1.72 bits per heavy atom. The molecule has 0 bridgehead atoms. The number of sulfonamides is 2. The summed E-state index contributed by atoms with van der Waals surface area (Å²) in [6.07, 6.45) is 0.203. The van der Waals surface area contributed by atoms with E-state index in [4.69, 9.17) is 0 Å². The molecular formula is C16H15NO5S3. The molecule has 0 spiro atoms. The molecule has 2 heterocycles. The topological polar surface area (TPSA) is 88.6 Å². The standard InChI is InChI=1S/C16H15NO5S3/c1-8(2)14-16-15(9(3)23-14)24(19,20)17(25(16,21)22)11-4-5-12-10(6-11)7-13(12)18/h4-6,8H,7H2,1-3H3. The van der Waals surface area contributed by atoms with Gasteiger partial charge in [0.15, 0.2) is 5.78 Å². The summed E-state index contributed by atoms with van der Waals surface area (Å²) in [6, 6.07) is 4.35. The maximum Gasteiger partial charge on any atom is 0.280 e. The Hall–Kier alpha value is -1.71. The van der Waals surface area contributed by atoms with Crippen molar-refractivity contribution < 1.29 is 21.6 Å². The quantitative estimate of drug-likeness (QED) is 0.777. The lowest BCUT2D eigenvalue weighted by Gasteiger charge is -2.22. The molecule has 0 saturated heterocycles. The summed E-state index contributed by atoms with van der Waals surface area (Å²) in [6.45, 7) is 5.31. The Morgan fingerprint density at radius 1 is 1.08 bits per heavy atom. The first-order chi connectivity index (χ1) is 11.6. The van der Waals surface area contributed by atoms with Crippen LogP contribution in [0.5, 0.6) is 0 Å². The van der Waals surface area contributed by atoms with Crippen LogP contribution in [0.2, 0.25) is 0 Å². The smallest absolute Gasteiger partial charge is 0.280 e. The van der Waals surface area contributed by atoms with Crippen LogP contribution in [0.3, 0.4) is 0 Å². The highest BCUT2D eigenvalue weighted by molar-refractivity contribution is 8.13. The minimum Gasteiger partial charge on any atom is -0.294 e. The molecule has 9 heteroatoms. The van der Waals surface area contributed by atoms with Gasteiger partial charge in [-0.15, -0.1) is 11.3 Å². The van der Waals surface area contributed by atoms with Crippen LogP contribution < -0.4 is 3.71 Å². The van der Waals surface area contributed by atoms with E-state index in [-0.39, 0.29) is 33.6 Å². The van der Waals surface area contributed by atoms with Crippen molar-refractivity contribution in [3.05, 3.63) is 39.1 Å². The maximum absolute atomic E-state index is 13.1. The van der Waals surface area contributed by atoms with E-state index >= 15 is 0 Å². The van der Waals surface area contributed by atoms with Gasteiger partial charge in [-0.25, -0.2) is 0 Å². The number of hydrogen-bond acceptors (Lipinski definition) is 6. The lowest BCUT2D eigenvalue weighted by atomic mass is 9.87. The van der Waals surface area contributed by atoms with Crippen molar-refractivity contribution in [3.63, 3.8) is 0 Å². The third-order valence-electron chi connectivity index (χ3n) is 4.44. The second kappa shape index (κ2) is 4.93. The first kappa shape index (κ1) is 16.7. The van der Waals surface area contributed by atoms with E-state index in [1.807, 2.05) is 13.8 Å². The lowest BCUT2D eigenvalue weighted by Crippen LogP contribution is -2.31. The average Bonchev–Trinajstić information content (AvgIpc) is 2.92. The van der Waals surface area contributed by atoms with Gasteiger partial charge >= 0.3 is 0 Å². The van der Waals surface area contributed by atoms with Crippen molar-refractivity contribution >= 4 is 42.9 Å². The molecule has 0 fully saturated rings. The van der Waals surface area contributed by atoms with Crippen molar-refractivity contribution in [2.75, 3.05) is 3.71 Å². The van der Waals surface area contributed by atoms with Gasteiger partial charge in [-0.05, 0) is 36.6 Å². The van der Waals surface area contributed by atoms with E-state index in [1.165, 1.54) is 29.5 Å². The van der Waals surface area contributed by atoms with Crippen LogP contribution in [0.1, 0.15) is 45.4 Å². The van der Waals surface area contributed by atoms with Crippen molar-refractivity contribution in [3.8, 4) is 0 Å². The SMILES string of the molecule is Cc1sc(C(C)C)c2c1S(=O)(=O)N(c1ccc3c(c1)CC3=O)S2(=O)=O. The van der Waals surface area contributed by atoms with E-state index in [9.17, 15) is 21.6 Å². The minimum absolute atomic E-state index is 0.0229. The van der Waals surface area contributed by atoms with E-state index < -0.39 is 20.0 Å². The molecule has 25 heavy (non-hydrogen) atoms. The summed E-state index contributed by atoms with van der Waals surface area (Å²) >= 11 is 1.21. The van der Waals surface area contributed by atoms with Crippen LogP contribution in [0.25, 0.3) is 0 Å². The predicted molar refractivity (Wildman–Crippen MR) is 94.5 cm³/mol. The van der Waals surface area contributed by atoms with Crippen molar-refractivity contribution in [1.82, 2.24) is 0 Å². The fourth-order valence-electron chi connectivity index (χ4n) is 3.30. The summed E-state index contributed by atoms with van der Waals surface area (Å²) < 4.78 is 52.8. The van der Waals surface area contributed by atoms with Crippen LogP contribution in [-0.2, 0) is 26.5 Å². The number of hydrogen-bond donors (Lipinski definition) is 0. The molecule has 2 aromatic rings. The lowest BCUT2D eigenvalue weighted by molar-refractivity contribution is 0.0968. The van der Waals surface area contributed by atoms with Crippen molar-refractivity contribution in [1.29, 1.82) is 0 Å². The Bertz CT molecular complexity index is 1160. The molecule has 1 aromatic carbocycles. The summed E-state index contributed by atoms with van der Waals surface area (Å²) in [5.41, 5.74) is 1.25. The Kier molecular flexibility index (Phi) is 3.30. The third-order valence-corrected chi connectivity index (χ3v) is 10.7. The van der Waals surface area contributed by atoms with Crippen LogP contribution >= 0.6 is 11.3 Å². The molecule has 1 aliphatic heterocycles. The Balaban J connectivity index is 1.99. The van der Waals surface area contributed by atoms with Crippen molar-refractivity contribution in [2.24, 2.45) is 0 Å². The summed E-state index contributed by atoms with van der Waals surface area (Å²) in [4.78, 5) is 12.3. The minimum atomic E-state index is -4.21. The van der Waals surface area contributed by atoms with Gasteiger partial charge in [0.2, 0.25) is 0 Å². The molecule has 6 nitrogen and oxygen atoms in total. The number of thiophene rings is 1. The van der Waals surface area contributed by atoms with Gasteiger partial charge in [0.05, 0.1) is 5.69 Å². The summed E-state index contributed by atoms with van der Waals surface area (Å²) in [5.74, 6) is -0.128. The van der Waals surface area contributed by atoms with Gasteiger partial charge in [-0.3, -0.25) is 4.79 Å². The van der Waals surface area contributed by atoms with Gasteiger partial charge in [-0.2, -0.15) is 20.5 Å². The number of Topliss-reactive ketones (excluding diaryl/α,β-unsaturated/α-hetero) is 1. The zero-order valence-electron chi connectivity index (χ0n) is 13.7. The number of carbonyl (C=O) groups excluding carboxylic acids is 1. The van der Waals surface area contributed by atoms with Crippen LogP contribution in [0, 0.1) is 6.92 Å². The fraction of sp³-hybridized carbons (Fsp3) is 0.312. The molecule has 0 atom stereocenters. The molecule has 0 unspecified atom stereocenters. The number of fused-ring (bicyclic) bond motifs is 2. The largest absolute Gasteiger partial charge is 0.294 e. The summed E-state index contributed by atoms with van der Waals surface area (Å²) in [5, 5.41) is 0. The highest BCUT2D eigenvalue weighted by Gasteiger charge is 2.51. The zero-order chi connectivity index (χ0) is 18.3. The first-order valence-electron chi connectivity index (χ1n) is 7.66. The number of rotatable bonds is 2. The number of nitrogens with zero attached hydrogens (tertiary/aromatic N) is 1. The molecule has 1 aromatic heterocycles. The second-order valence-corrected chi connectivity index (χ2v) is 11.4. The molecule has 0 saturated carbocycles.